The summed E-state index contributed by atoms with van der Waals surface area (Å²) in [5, 5.41) is 14.4. The van der Waals surface area contributed by atoms with Gasteiger partial charge in [0.05, 0.1) is 35.7 Å². The Balaban J connectivity index is 1.87. The van der Waals surface area contributed by atoms with Gasteiger partial charge in [-0.15, -0.1) is 0 Å². The molecule has 0 radical (unpaired) electrons. The highest BCUT2D eigenvalue weighted by molar-refractivity contribution is 5.99. The van der Waals surface area contributed by atoms with Gasteiger partial charge in [-0.1, -0.05) is 54.6 Å². The van der Waals surface area contributed by atoms with Gasteiger partial charge >= 0.3 is 11.9 Å². The van der Waals surface area contributed by atoms with E-state index in [-0.39, 0.29) is 23.4 Å². The van der Waals surface area contributed by atoms with Crippen molar-refractivity contribution in [3.63, 3.8) is 0 Å². The summed E-state index contributed by atoms with van der Waals surface area (Å²) < 4.78 is 10.5. The largest absolute Gasteiger partial charge is 0.466 e. The summed E-state index contributed by atoms with van der Waals surface area (Å²) in [6, 6.07) is 15.6. The van der Waals surface area contributed by atoms with Crippen molar-refractivity contribution in [1.29, 1.82) is 0 Å². The highest BCUT2D eigenvalue weighted by atomic mass is 16.6. The number of allylic oxidation sites excluding steroid dienone is 2. The molecule has 1 heterocycles. The van der Waals surface area contributed by atoms with E-state index < -0.39 is 22.8 Å². The Morgan fingerprint density at radius 3 is 2.35 bits per heavy atom. The first kappa shape index (κ1) is 24.4. The molecule has 0 bridgehead atoms. The molecule has 0 saturated heterocycles. The Labute approximate surface area is 197 Å². The van der Waals surface area contributed by atoms with E-state index in [2.05, 4.69) is 5.32 Å². The number of carbonyl (C=O) groups is 2. The average Bonchev–Trinajstić information content (AvgIpc) is 2.83. The lowest BCUT2D eigenvalue weighted by Crippen LogP contribution is -2.32. The Morgan fingerprint density at radius 2 is 1.71 bits per heavy atom. The van der Waals surface area contributed by atoms with Crippen LogP contribution < -0.4 is 5.32 Å². The minimum absolute atomic E-state index is 0.136. The third-order valence-electron chi connectivity index (χ3n) is 5.43. The van der Waals surface area contributed by atoms with Crippen molar-refractivity contribution in [2.24, 2.45) is 0 Å². The average molecular weight is 463 g/mol. The molecule has 2 aromatic carbocycles. The second-order valence-electron chi connectivity index (χ2n) is 7.72. The van der Waals surface area contributed by atoms with Crippen molar-refractivity contribution in [2.75, 3.05) is 13.7 Å². The first-order valence-electron chi connectivity index (χ1n) is 10.7. The second kappa shape index (κ2) is 11.1. The Kier molecular flexibility index (Phi) is 7.97. The van der Waals surface area contributed by atoms with Gasteiger partial charge in [0.2, 0.25) is 0 Å². The third-order valence-corrected chi connectivity index (χ3v) is 5.43. The van der Waals surface area contributed by atoms with Crippen LogP contribution in [-0.4, -0.2) is 30.6 Å². The number of nitrogens with zero attached hydrogens (tertiary/aromatic N) is 1. The molecule has 1 aliphatic rings. The SMILES string of the molecule is COC(=O)C1=C(C)NC(C)=C(C(=O)OCCC=Cc2ccccc2)C1c1cccc([N+](=O)[O-])c1. The van der Waals surface area contributed by atoms with Crippen LogP contribution in [0, 0.1) is 10.1 Å². The molecular weight excluding hydrogens is 436 g/mol. The lowest BCUT2D eigenvalue weighted by Gasteiger charge is -2.30. The van der Waals surface area contributed by atoms with Crippen molar-refractivity contribution in [1.82, 2.24) is 5.32 Å². The number of dihydropyridines is 1. The molecule has 2 aromatic rings. The summed E-state index contributed by atoms with van der Waals surface area (Å²) in [5.41, 5.74) is 2.73. The van der Waals surface area contributed by atoms with Crippen LogP contribution in [-0.2, 0) is 19.1 Å². The van der Waals surface area contributed by atoms with Gasteiger partial charge in [-0.2, -0.15) is 0 Å². The summed E-state index contributed by atoms with van der Waals surface area (Å²) >= 11 is 0. The van der Waals surface area contributed by atoms with Crippen LogP contribution in [0.3, 0.4) is 0 Å². The maximum absolute atomic E-state index is 13.2. The molecule has 0 amide bonds. The quantitative estimate of drug-likeness (QED) is 0.263. The summed E-state index contributed by atoms with van der Waals surface area (Å²) in [6.45, 7) is 3.53. The molecule has 1 atom stereocenters. The van der Waals surface area contributed by atoms with Gasteiger partial charge in [0.15, 0.2) is 0 Å². The van der Waals surface area contributed by atoms with E-state index in [0.29, 0.717) is 23.4 Å². The first-order valence-corrected chi connectivity index (χ1v) is 10.7. The topological polar surface area (TPSA) is 108 Å². The van der Waals surface area contributed by atoms with E-state index in [1.165, 1.54) is 25.3 Å². The summed E-state index contributed by atoms with van der Waals surface area (Å²) in [6.07, 6.45) is 4.35. The van der Waals surface area contributed by atoms with Gasteiger partial charge in [0.1, 0.15) is 0 Å². The van der Waals surface area contributed by atoms with Crippen LogP contribution in [0.4, 0.5) is 5.69 Å². The molecule has 0 aliphatic carbocycles. The Hall–Kier alpha value is -4.20. The lowest BCUT2D eigenvalue weighted by molar-refractivity contribution is -0.384. The number of nitro groups is 1. The number of nitro benzene ring substituents is 1. The van der Waals surface area contributed by atoms with E-state index in [1.54, 1.807) is 19.9 Å². The Bertz CT molecular complexity index is 1180. The van der Waals surface area contributed by atoms with Crippen LogP contribution in [0.1, 0.15) is 37.3 Å². The molecule has 8 nitrogen and oxygen atoms in total. The van der Waals surface area contributed by atoms with Gasteiger partial charge in [-0.05, 0) is 31.4 Å². The molecule has 34 heavy (non-hydrogen) atoms. The zero-order valence-electron chi connectivity index (χ0n) is 19.2. The number of methoxy groups -OCH3 is 1. The van der Waals surface area contributed by atoms with E-state index in [0.717, 1.165) is 5.56 Å². The molecule has 1 N–H and O–H groups in total. The molecule has 3 rings (SSSR count). The predicted octanol–water partition coefficient (Wildman–Crippen LogP) is 4.65. The molecule has 1 aliphatic heterocycles. The number of esters is 2. The van der Waals surface area contributed by atoms with Gasteiger partial charge in [0, 0.05) is 23.5 Å². The first-order chi connectivity index (χ1) is 16.3. The van der Waals surface area contributed by atoms with Crippen LogP contribution in [0.15, 0.2) is 83.2 Å². The fraction of sp³-hybridized carbons (Fsp3) is 0.231. The normalized spacial score (nSPS) is 15.8. The van der Waals surface area contributed by atoms with Gasteiger partial charge in [-0.25, -0.2) is 9.59 Å². The molecule has 0 spiro atoms. The van der Waals surface area contributed by atoms with Gasteiger partial charge in [0.25, 0.3) is 5.69 Å². The van der Waals surface area contributed by atoms with Crippen molar-refractivity contribution < 1.29 is 24.0 Å². The van der Waals surface area contributed by atoms with E-state index in [9.17, 15) is 19.7 Å². The Morgan fingerprint density at radius 1 is 1.03 bits per heavy atom. The minimum Gasteiger partial charge on any atom is -0.466 e. The van der Waals surface area contributed by atoms with Crippen LogP contribution in [0.5, 0.6) is 0 Å². The number of nitrogens with one attached hydrogen (secondary N) is 1. The zero-order chi connectivity index (χ0) is 24.7. The summed E-state index contributed by atoms with van der Waals surface area (Å²) in [5.74, 6) is -2.12. The second-order valence-corrected chi connectivity index (χ2v) is 7.72. The molecular formula is C26H26N2O6. The number of rotatable bonds is 8. The fourth-order valence-electron chi connectivity index (χ4n) is 3.88. The van der Waals surface area contributed by atoms with Crippen LogP contribution in [0.2, 0.25) is 0 Å². The number of carbonyl (C=O) groups excluding carboxylic acids is 2. The number of non-ortho nitro benzene ring substituents is 1. The van der Waals surface area contributed by atoms with Gasteiger partial charge < -0.3 is 14.8 Å². The molecule has 1 unspecified atom stereocenters. The third kappa shape index (κ3) is 5.58. The van der Waals surface area contributed by atoms with E-state index in [4.69, 9.17) is 9.47 Å². The van der Waals surface area contributed by atoms with Crippen LogP contribution >= 0.6 is 0 Å². The molecule has 0 aromatic heterocycles. The minimum atomic E-state index is -0.874. The number of hydrogen-bond acceptors (Lipinski definition) is 7. The maximum atomic E-state index is 13.2. The summed E-state index contributed by atoms with van der Waals surface area (Å²) in [7, 11) is 1.25. The predicted molar refractivity (Wildman–Crippen MR) is 127 cm³/mol. The van der Waals surface area contributed by atoms with E-state index >= 15 is 0 Å². The smallest absolute Gasteiger partial charge is 0.336 e. The lowest BCUT2D eigenvalue weighted by atomic mass is 9.80. The van der Waals surface area contributed by atoms with Crippen molar-refractivity contribution in [3.05, 3.63) is 104 Å². The fourth-order valence-corrected chi connectivity index (χ4v) is 3.88. The molecule has 0 saturated carbocycles. The monoisotopic (exact) mass is 462 g/mol. The molecule has 176 valence electrons. The van der Waals surface area contributed by atoms with Crippen LogP contribution in [0.25, 0.3) is 6.08 Å². The standard InChI is InChI=1S/C26H26N2O6/c1-17-22(25(29)33-3)24(20-13-9-14-21(16-20)28(31)32)23(18(2)27-17)26(30)34-15-8-7-12-19-10-5-4-6-11-19/h4-7,9-14,16,24,27H,8,15H2,1-3H3. The van der Waals surface area contributed by atoms with E-state index in [1.807, 2.05) is 42.5 Å². The number of benzene rings is 2. The molecule has 0 fully saturated rings. The van der Waals surface area contributed by atoms with Gasteiger partial charge in [-0.3, -0.25) is 10.1 Å². The number of hydrogen-bond donors (Lipinski definition) is 1. The van der Waals surface area contributed by atoms with Crippen molar-refractivity contribution in [3.8, 4) is 0 Å². The number of ether oxygens (including phenoxy) is 2. The highest BCUT2D eigenvalue weighted by Crippen LogP contribution is 2.40. The van der Waals surface area contributed by atoms with Crippen molar-refractivity contribution in [2.45, 2.75) is 26.2 Å². The highest BCUT2D eigenvalue weighted by Gasteiger charge is 2.38. The molecule has 8 heteroatoms. The summed E-state index contributed by atoms with van der Waals surface area (Å²) in [4.78, 5) is 36.6. The zero-order valence-corrected chi connectivity index (χ0v) is 19.2. The van der Waals surface area contributed by atoms with Crippen molar-refractivity contribution >= 4 is 23.7 Å². The maximum Gasteiger partial charge on any atom is 0.336 e.